The van der Waals surface area contributed by atoms with Gasteiger partial charge in [-0.05, 0) is 52.5 Å². The zero-order valence-electron chi connectivity index (χ0n) is 25.5. The summed E-state index contributed by atoms with van der Waals surface area (Å²) in [6, 6.07) is 36.7. The highest BCUT2D eigenvalue weighted by Gasteiger charge is 2.11. The van der Waals surface area contributed by atoms with Crippen LogP contribution in [0.1, 0.15) is 0 Å². The first-order valence-corrected chi connectivity index (χ1v) is 15.6. The normalized spacial score (nSPS) is 10.3. The monoisotopic (exact) mass is 706 g/mol. The molecule has 0 aliphatic rings. The van der Waals surface area contributed by atoms with Gasteiger partial charge in [-0.2, -0.15) is 0 Å². The van der Waals surface area contributed by atoms with Gasteiger partial charge in [0.25, 0.3) is 0 Å². The number of nitrogens with zero attached hydrogens (tertiary/aromatic N) is 4. The van der Waals surface area contributed by atoms with Crippen molar-refractivity contribution in [1.82, 2.24) is 19.9 Å². The Morgan fingerprint density at radius 1 is 0.617 bits per heavy atom. The van der Waals surface area contributed by atoms with Gasteiger partial charge < -0.3 is 19.5 Å². The topological polar surface area (TPSA) is 110 Å². The molecular formula is C36H29BBrClN4O4. The van der Waals surface area contributed by atoms with E-state index in [1.807, 2.05) is 79.0 Å². The Labute approximate surface area is 286 Å². The van der Waals surface area contributed by atoms with Crippen LogP contribution in [0.4, 0.5) is 0 Å². The molecular weight excluding hydrogens is 679 g/mol. The van der Waals surface area contributed by atoms with Crippen LogP contribution in [0.25, 0.3) is 44.3 Å². The summed E-state index contributed by atoms with van der Waals surface area (Å²) in [5.74, 6) is 2.14. The molecule has 0 amide bonds. The maximum absolute atomic E-state index is 8.58. The third-order valence-corrected chi connectivity index (χ3v) is 7.55. The lowest BCUT2D eigenvalue weighted by Crippen LogP contribution is -2.29. The van der Waals surface area contributed by atoms with Crippen LogP contribution in [0.15, 0.2) is 132 Å². The van der Waals surface area contributed by atoms with Gasteiger partial charge >= 0.3 is 7.12 Å². The van der Waals surface area contributed by atoms with E-state index in [9.17, 15) is 0 Å². The van der Waals surface area contributed by atoms with Crippen LogP contribution in [0, 0.1) is 0 Å². The van der Waals surface area contributed by atoms with Crippen molar-refractivity contribution in [2.24, 2.45) is 0 Å². The summed E-state index contributed by atoms with van der Waals surface area (Å²) in [6.45, 7) is 0. The molecule has 234 valence electrons. The molecule has 0 bridgehead atoms. The maximum atomic E-state index is 8.58. The molecule has 0 saturated heterocycles. The van der Waals surface area contributed by atoms with E-state index in [-0.39, 0.29) is 5.28 Å². The predicted octanol–water partition coefficient (Wildman–Crippen LogP) is 7.39. The van der Waals surface area contributed by atoms with Gasteiger partial charge in [-0.15, -0.1) is 0 Å². The van der Waals surface area contributed by atoms with Gasteiger partial charge in [-0.25, -0.2) is 19.9 Å². The van der Waals surface area contributed by atoms with Gasteiger partial charge in [0.05, 0.1) is 14.2 Å². The molecule has 0 aliphatic heterocycles. The molecule has 0 fully saturated rings. The molecule has 2 aromatic heterocycles. The fourth-order valence-corrected chi connectivity index (χ4v) is 5.22. The van der Waals surface area contributed by atoms with Crippen LogP contribution >= 0.6 is 27.5 Å². The van der Waals surface area contributed by atoms with Crippen LogP contribution in [0.2, 0.25) is 5.28 Å². The molecule has 7 aromatic rings. The Hall–Kier alpha value is -4.87. The third kappa shape index (κ3) is 8.69. The Morgan fingerprint density at radius 2 is 1.15 bits per heavy atom. The van der Waals surface area contributed by atoms with E-state index < -0.39 is 7.12 Å². The molecule has 0 saturated carbocycles. The zero-order valence-corrected chi connectivity index (χ0v) is 27.8. The first-order chi connectivity index (χ1) is 22.9. The summed E-state index contributed by atoms with van der Waals surface area (Å²) in [6.07, 6.45) is 3.53. The SMILES string of the molecule is COc1cc(-c2ccccc2)cc2cnc(-c3ccccc3)nc12.COc1cc(Br)cc2cnc(Cl)nc12.OB(O)c1ccccc1. The molecule has 11 heteroatoms. The lowest BCUT2D eigenvalue weighted by molar-refractivity contribution is 0.418. The molecule has 8 nitrogen and oxygen atoms in total. The first-order valence-electron chi connectivity index (χ1n) is 14.4. The average Bonchev–Trinajstić information content (AvgIpc) is 3.12. The minimum atomic E-state index is -1.34. The molecule has 0 spiro atoms. The number of aromatic nitrogens is 4. The molecule has 47 heavy (non-hydrogen) atoms. The Balaban J connectivity index is 0.000000159. The largest absolute Gasteiger partial charge is 0.494 e. The van der Waals surface area contributed by atoms with Crippen molar-refractivity contribution in [2.45, 2.75) is 0 Å². The van der Waals surface area contributed by atoms with Gasteiger partial charge in [0.2, 0.25) is 5.28 Å². The zero-order chi connectivity index (χ0) is 33.2. The van der Waals surface area contributed by atoms with Crippen molar-refractivity contribution < 1.29 is 19.5 Å². The van der Waals surface area contributed by atoms with Crippen molar-refractivity contribution >= 4 is 61.9 Å². The second-order valence-corrected chi connectivity index (χ2v) is 11.3. The second-order valence-electron chi connectivity index (χ2n) is 10.0. The van der Waals surface area contributed by atoms with Crippen molar-refractivity contribution in [3.63, 3.8) is 0 Å². The van der Waals surface area contributed by atoms with E-state index in [2.05, 4.69) is 49.1 Å². The Kier molecular flexibility index (Phi) is 11.5. The van der Waals surface area contributed by atoms with Gasteiger partial charge in [0.15, 0.2) is 5.82 Å². The maximum Gasteiger partial charge on any atom is 0.488 e. The Bertz CT molecular complexity index is 2080. The van der Waals surface area contributed by atoms with Crippen LogP contribution < -0.4 is 14.9 Å². The number of hydrogen-bond donors (Lipinski definition) is 2. The fourth-order valence-electron chi connectivity index (χ4n) is 4.63. The molecule has 0 atom stereocenters. The van der Waals surface area contributed by atoms with E-state index >= 15 is 0 Å². The highest BCUT2D eigenvalue weighted by atomic mass is 79.9. The number of ether oxygens (including phenoxy) is 2. The number of rotatable bonds is 5. The van der Waals surface area contributed by atoms with Crippen molar-refractivity contribution in [2.75, 3.05) is 14.2 Å². The highest BCUT2D eigenvalue weighted by Crippen LogP contribution is 2.32. The molecule has 5 aromatic carbocycles. The van der Waals surface area contributed by atoms with Crippen molar-refractivity contribution in [1.29, 1.82) is 0 Å². The number of hydrogen-bond acceptors (Lipinski definition) is 8. The third-order valence-electron chi connectivity index (χ3n) is 6.91. The van der Waals surface area contributed by atoms with Crippen LogP contribution in [-0.4, -0.2) is 51.3 Å². The summed E-state index contributed by atoms with van der Waals surface area (Å²) in [4.78, 5) is 17.2. The summed E-state index contributed by atoms with van der Waals surface area (Å²) in [7, 11) is 1.93. The highest BCUT2D eigenvalue weighted by molar-refractivity contribution is 9.10. The molecule has 0 unspecified atom stereocenters. The summed E-state index contributed by atoms with van der Waals surface area (Å²) >= 11 is 9.07. The second kappa shape index (κ2) is 16.1. The summed E-state index contributed by atoms with van der Waals surface area (Å²) in [5.41, 5.74) is 5.30. The standard InChI is InChI=1S/C21H16N2O.C9H6BrClN2O.C6H7BO2/c1-24-19-13-17(15-8-4-2-5-9-15)12-18-14-22-21(23-20(18)19)16-10-6-3-7-11-16;1-14-7-3-6(10)2-5-4-12-9(11)13-8(5)7;8-7(9)6-4-2-1-3-5-6/h2-14H,1H3;2-4H,1H3;1-5,8-9H. The number of halogens is 2. The van der Waals surface area contributed by atoms with E-state index in [4.69, 9.17) is 36.1 Å². The van der Waals surface area contributed by atoms with Gasteiger partial charge in [-0.1, -0.05) is 107 Å². The van der Waals surface area contributed by atoms with Crippen LogP contribution in [0.3, 0.4) is 0 Å². The van der Waals surface area contributed by atoms with E-state index in [1.165, 1.54) is 0 Å². The molecule has 0 radical (unpaired) electrons. The average molecular weight is 708 g/mol. The minimum absolute atomic E-state index is 0.220. The van der Waals surface area contributed by atoms with Gasteiger partial charge in [-0.3, -0.25) is 0 Å². The number of fused-ring (bicyclic) bond motifs is 2. The lowest BCUT2D eigenvalue weighted by atomic mass is 9.81. The molecule has 0 aliphatic carbocycles. The first kappa shape index (κ1) is 33.5. The van der Waals surface area contributed by atoms with Crippen LogP contribution in [-0.2, 0) is 0 Å². The number of methoxy groups -OCH3 is 2. The van der Waals surface area contributed by atoms with E-state index in [0.29, 0.717) is 17.0 Å². The van der Waals surface area contributed by atoms with Gasteiger partial charge in [0.1, 0.15) is 22.5 Å². The minimum Gasteiger partial charge on any atom is -0.494 e. The van der Waals surface area contributed by atoms with Crippen molar-refractivity contribution in [3.8, 4) is 34.0 Å². The molecule has 2 heterocycles. The van der Waals surface area contributed by atoms with E-state index in [0.717, 1.165) is 48.7 Å². The molecule has 7 rings (SSSR count). The summed E-state index contributed by atoms with van der Waals surface area (Å²) in [5, 5.41) is 19.2. The smallest absolute Gasteiger partial charge is 0.488 e. The lowest BCUT2D eigenvalue weighted by Gasteiger charge is -2.10. The fraction of sp³-hybridized carbons (Fsp3) is 0.0556. The van der Waals surface area contributed by atoms with E-state index in [1.54, 1.807) is 44.7 Å². The quantitative estimate of drug-likeness (QED) is 0.141. The van der Waals surface area contributed by atoms with Gasteiger partial charge in [0, 0.05) is 33.2 Å². The van der Waals surface area contributed by atoms with Crippen molar-refractivity contribution in [3.05, 3.63) is 137 Å². The Morgan fingerprint density at radius 3 is 1.74 bits per heavy atom. The summed E-state index contributed by atoms with van der Waals surface area (Å²) < 4.78 is 11.7. The number of benzene rings is 5. The van der Waals surface area contributed by atoms with Crippen LogP contribution in [0.5, 0.6) is 11.5 Å². The molecule has 2 N–H and O–H groups in total. The predicted molar refractivity (Wildman–Crippen MR) is 192 cm³/mol.